The van der Waals surface area contributed by atoms with Crippen LogP contribution in [0.15, 0.2) is 0 Å². The summed E-state index contributed by atoms with van der Waals surface area (Å²) < 4.78 is 11.5. The van der Waals surface area contributed by atoms with Crippen LogP contribution in [0.3, 0.4) is 0 Å². The third-order valence-electron chi connectivity index (χ3n) is 6.49. The number of nitrogens with one attached hydrogen (secondary N) is 2. The second-order valence-corrected chi connectivity index (χ2v) is 14.2. The Morgan fingerprint density at radius 2 is 1.11 bits per heavy atom. The zero-order valence-electron chi connectivity index (χ0n) is 25.3. The summed E-state index contributed by atoms with van der Waals surface area (Å²) in [4.78, 5) is 12.4. The van der Waals surface area contributed by atoms with E-state index in [1.54, 1.807) is 0 Å². The van der Waals surface area contributed by atoms with Crippen molar-refractivity contribution < 1.29 is 14.3 Å². The van der Waals surface area contributed by atoms with Gasteiger partial charge in [-0.25, -0.2) is 0 Å². The summed E-state index contributed by atoms with van der Waals surface area (Å²) in [5, 5.41) is 6.66. The maximum absolute atomic E-state index is 12.4. The monoisotopic (exact) mass is 498 g/mol. The van der Waals surface area contributed by atoms with Gasteiger partial charge in [0.2, 0.25) is 5.91 Å². The molecular weight excluding hydrogens is 436 g/mol. The molecular formula is C30H62N2O3. The summed E-state index contributed by atoms with van der Waals surface area (Å²) >= 11 is 0. The van der Waals surface area contributed by atoms with Gasteiger partial charge in [-0.1, -0.05) is 61.3 Å². The molecule has 5 nitrogen and oxygen atoms in total. The molecule has 0 aromatic rings. The molecule has 0 rings (SSSR count). The van der Waals surface area contributed by atoms with E-state index in [1.807, 2.05) is 0 Å². The van der Waals surface area contributed by atoms with E-state index >= 15 is 0 Å². The standard InChI is InChI=1S/C30H62N2O3/c1-27(2,3)17-21-34-23-24-35-22-18-29(7,8)15-16-30(9,10)25-26(33)31-19-13-11-12-14-20-32-28(4,5)6/h32H,11-25H2,1-10H3,(H,31,33). The molecule has 0 spiro atoms. The van der Waals surface area contributed by atoms with Crippen molar-refractivity contribution in [3.8, 4) is 0 Å². The van der Waals surface area contributed by atoms with Gasteiger partial charge in [0.05, 0.1) is 13.2 Å². The van der Waals surface area contributed by atoms with Crippen LogP contribution >= 0.6 is 0 Å². The van der Waals surface area contributed by atoms with Crippen molar-refractivity contribution >= 4 is 5.91 Å². The number of rotatable bonds is 20. The largest absolute Gasteiger partial charge is 0.379 e. The molecule has 0 aliphatic rings. The first-order valence-electron chi connectivity index (χ1n) is 14.2. The molecule has 35 heavy (non-hydrogen) atoms. The number of hydrogen-bond donors (Lipinski definition) is 2. The first-order chi connectivity index (χ1) is 16.0. The minimum absolute atomic E-state index is 0.0156. The summed E-state index contributed by atoms with van der Waals surface area (Å²) in [7, 11) is 0. The van der Waals surface area contributed by atoms with Gasteiger partial charge in [0.25, 0.3) is 0 Å². The zero-order valence-corrected chi connectivity index (χ0v) is 25.3. The third-order valence-corrected chi connectivity index (χ3v) is 6.49. The molecule has 1 amide bonds. The van der Waals surface area contributed by atoms with Gasteiger partial charge in [0.15, 0.2) is 0 Å². The second kappa shape index (κ2) is 17.0. The van der Waals surface area contributed by atoms with Gasteiger partial charge in [-0.05, 0) is 82.1 Å². The predicted molar refractivity (Wildman–Crippen MR) is 151 cm³/mol. The van der Waals surface area contributed by atoms with Crippen molar-refractivity contribution in [2.45, 2.75) is 133 Å². The van der Waals surface area contributed by atoms with Gasteiger partial charge >= 0.3 is 0 Å². The zero-order chi connectivity index (χ0) is 27.0. The van der Waals surface area contributed by atoms with E-state index in [1.165, 1.54) is 19.3 Å². The quantitative estimate of drug-likeness (QED) is 0.175. The fraction of sp³-hybridized carbons (Fsp3) is 0.967. The van der Waals surface area contributed by atoms with Crippen LogP contribution in [0, 0.1) is 16.2 Å². The van der Waals surface area contributed by atoms with Crippen molar-refractivity contribution in [3.63, 3.8) is 0 Å². The van der Waals surface area contributed by atoms with E-state index in [4.69, 9.17) is 9.47 Å². The first kappa shape index (κ1) is 34.4. The van der Waals surface area contributed by atoms with Crippen LogP contribution in [0.25, 0.3) is 0 Å². The van der Waals surface area contributed by atoms with E-state index in [0.29, 0.717) is 25.0 Å². The normalized spacial score (nSPS) is 13.3. The highest BCUT2D eigenvalue weighted by Crippen LogP contribution is 2.35. The van der Waals surface area contributed by atoms with Crippen LogP contribution in [0.5, 0.6) is 0 Å². The molecule has 0 aromatic carbocycles. The molecule has 2 N–H and O–H groups in total. The fourth-order valence-corrected chi connectivity index (χ4v) is 3.73. The van der Waals surface area contributed by atoms with Crippen LogP contribution < -0.4 is 10.6 Å². The van der Waals surface area contributed by atoms with Gasteiger partial charge < -0.3 is 20.1 Å². The van der Waals surface area contributed by atoms with Gasteiger partial charge in [-0.2, -0.15) is 0 Å². The minimum Gasteiger partial charge on any atom is -0.379 e. The van der Waals surface area contributed by atoms with Crippen molar-refractivity contribution in [1.29, 1.82) is 0 Å². The summed E-state index contributed by atoms with van der Waals surface area (Å²) in [5.41, 5.74) is 0.748. The van der Waals surface area contributed by atoms with E-state index in [-0.39, 0.29) is 22.3 Å². The van der Waals surface area contributed by atoms with Gasteiger partial charge in [-0.15, -0.1) is 0 Å². The number of hydrogen-bond acceptors (Lipinski definition) is 4. The molecule has 0 saturated heterocycles. The van der Waals surface area contributed by atoms with Gasteiger partial charge in [0, 0.05) is 31.7 Å². The Morgan fingerprint density at radius 1 is 0.600 bits per heavy atom. The minimum atomic E-state index is 0.0156. The Balaban J connectivity index is 3.87. The van der Waals surface area contributed by atoms with E-state index in [9.17, 15) is 4.79 Å². The molecule has 0 aromatic heterocycles. The third kappa shape index (κ3) is 24.8. The fourth-order valence-electron chi connectivity index (χ4n) is 3.73. The number of ether oxygens (including phenoxy) is 2. The van der Waals surface area contributed by atoms with E-state index in [0.717, 1.165) is 58.4 Å². The van der Waals surface area contributed by atoms with Gasteiger partial charge in [0.1, 0.15) is 0 Å². The second-order valence-electron chi connectivity index (χ2n) is 14.2. The smallest absolute Gasteiger partial charge is 0.220 e. The summed E-state index contributed by atoms with van der Waals surface area (Å²) in [6.45, 7) is 27.1. The number of unbranched alkanes of at least 4 members (excludes halogenated alkanes) is 3. The average Bonchev–Trinajstić information content (AvgIpc) is 2.68. The van der Waals surface area contributed by atoms with Crippen LogP contribution in [0.2, 0.25) is 0 Å². The van der Waals surface area contributed by atoms with Crippen molar-refractivity contribution in [2.75, 3.05) is 39.5 Å². The lowest BCUT2D eigenvalue weighted by molar-refractivity contribution is -0.123. The Hall–Kier alpha value is -0.650. The first-order valence-corrected chi connectivity index (χ1v) is 14.2. The Bertz CT molecular complexity index is 545. The highest BCUT2D eigenvalue weighted by molar-refractivity contribution is 5.76. The van der Waals surface area contributed by atoms with Gasteiger partial charge in [-0.3, -0.25) is 4.79 Å². The van der Waals surface area contributed by atoms with Crippen molar-refractivity contribution in [2.24, 2.45) is 16.2 Å². The summed E-state index contributed by atoms with van der Waals surface area (Å²) in [6.07, 6.45) is 9.50. The van der Waals surface area contributed by atoms with E-state index < -0.39 is 0 Å². The summed E-state index contributed by atoms with van der Waals surface area (Å²) in [6, 6.07) is 0. The SMILES string of the molecule is CC(C)(C)CCOCCOCCC(C)(C)CCC(C)(C)CC(=O)NCCCCCCNC(C)(C)C. The highest BCUT2D eigenvalue weighted by atomic mass is 16.5. The predicted octanol–water partition coefficient (Wildman–Crippen LogP) is 7.13. The summed E-state index contributed by atoms with van der Waals surface area (Å²) in [5.74, 6) is 0.192. The van der Waals surface area contributed by atoms with Crippen LogP contribution in [-0.2, 0) is 14.3 Å². The highest BCUT2D eigenvalue weighted by Gasteiger charge is 2.26. The topological polar surface area (TPSA) is 59.6 Å². The molecule has 0 bridgehead atoms. The lowest BCUT2D eigenvalue weighted by Crippen LogP contribution is -2.36. The number of carbonyl (C=O) groups is 1. The van der Waals surface area contributed by atoms with Crippen LogP contribution in [0.4, 0.5) is 0 Å². The van der Waals surface area contributed by atoms with Crippen LogP contribution in [0.1, 0.15) is 127 Å². The maximum atomic E-state index is 12.4. The molecule has 0 aliphatic heterocycles. The molecule has 0 aliphatic carbocycles. The molecule has 5 heteroatoms. The Kier molecular flexibility index (Phi) is 16.7. The van der Waals surface area contributed by atoms with Crippen molar-refractivity contribution in [3.05, 3.63) is 0 Å². The maximum Gasteiger partial charge on any atom is 0.220 e. The Morgan fingerprint density at radius 3 is 1.66 bits per heavy atom. The number of amides is 1. The lowest BCUT2D eigenvalue weighted by Gasteiger charge is -2.31. The molecule has 0 fully saturated rings. The Labute approximate surface area is 219 Å². The molecule has 0 atom stereocenters. The molecule has 0 saturated carbocycles. The average molecular weight is 499 g/mol. The van der Waals surface area contributed by atoms with Crippen LogP contribution in [-0.4, -0.2) is 51.0 Å². The molecule has 0 unspecified atom stereocenters. The van der Waals surface area contributed by atoms with Crippen molar-refractivity contribution in [1.82, 2.24) is 10.6 Å². The molecule has 0 radical (unpaired) electrons. The lowest BCUT2D eigenvalue weighted by atomic mass is 9.76. The van der Waals surface area contributed by atoms with E-state index in [2.05, 4.69) is 79.9 Å². The molecule has 0 heterocycles. The number of carbonyl (C=O) groups excluding carboxylic acids is 1. The molecule has 210 valence electrons.